The van der Waals surface area contributed by atoms with E-state index in [1.165, 1.54) is 0 Å². The van der Waals surface area contributed by atoms with Crippen LogP contribution >= 0.6 is 0 Å². The molecule has 0 saturated heterocycles. The Morgan fingerprint density at radius 1 is 0.870 bits per heavy atom. The second-order valence-electron chi connectivity index (χ2n) is 5.32. The van der Waals surface area contributed by atoms with Crippen LogP contribution in [-0.2, 0) is 0 Å². The monoisotopic (exact) mass is 303 g/mol. The summed E-state index contributed by atoms with van der Waals surface area (Å²) in [6.45, 7) is 1.90. The van der Waals surface area contributed by atoms with Crippen LogP contribution in [0.2, 0.25) is 0 Å². The molecule has 114 valence electrons. The SMILES string of the molecule is COc1c(-c2ccccc2)cc(C)c(N=O)c1-c1ccccc1. The van der Waals surface area contributed by atoms with E-state index in [-0.39, 0.29) is 0 Å². The van der Waals surface area contributed by atoms with Crippen LogP contribution in [0.25, 0.3) is 22.3 Å². The second-order valence-corrected chi connectivity index (χ2v) is 5.32. The molecule has 3 rings (SSSR count). The third-order valence-corrected chi connectivity index (χ3v) is 3.89. The second kappa shape index (κ2) is 6.44. The van der Waals surface area contributed by atoms with Crippen LogP contribution in [0.1, 0.15) is 5.56 Å². The first-order valence-electron chi connectivity index (χ1n) is 7.42. The van der Waals surface area contributed by atoms with Crippen molar-refractivity contribution >= 4 is 5.69 Å². The van der Waals surface area contributed by atoms with E-state index in [0.29, 0.717) is 11.4 Å². The molecule has 3 nitrogen and oxygen atoms in total. The largest absolute Gasteiger partial charge is 0.495 e. The van der Waals surface area contributed by atoms with Crippen molar-refractivity contribution < 1.29 is 4.74 Å². The summed E-state index contributed by atoms with van der Waals surface area (Å²) in [5.41, 5.74) is 4.91. The fraction of sp³-hybridized carbons (Fsp3) is 0.100. The zero-order valence-corrected chi connectivity index (χ0v) is 13.1. The van der Waals surface area contributed by atoms with Crippen LogP contribution in [0.5, 0.6) is 5.75 Å². The van der Waals surface area contributed by atoms with Crippen molar-refractivity contribution in [2.45, 2.75) is 6.92 Å². The van der Waals surface area contributed by atoms with Crippen molar-refractivity contribution in [1.82, 2.24) is 0 Å². The van der Waals surface area contributed by atoms with Crippen molar-refractivity contribution in [2.75, 3.05) is 7.11 Å². The van der Waals surface area contributed by atoms with Crippen molar-refractivity contribution in [3.63, 3.8) is 0 Å². The van der Waals surface area contributed by atoms with Gasteiger partial charge in [0.25, 0.3) is 0 Å². The topological polar surface area (TPSA) is 38.7 Å². The molecule has 0 amide bonds. The molecule has 3 heteroatoms. The Balaban J connectivity index is 2.37. The lowest BCUT2D eigenvalue weighted by Gasteiger charge is -2.17. The lowest BCUT2D eigenvalue weighted by molar-refractivity contribution is 0.418. The standard InChI is InChI=1S/C20H17NO2/c1-14-13-17(15-9-5-3-6-10-15)20(23-2)18(19(14)21-22)16-11-7-4-8-12-16/h3-13H,1-2H3. The number of aryl methyl sites for hydroxylation is 1. The number of hydrogen-bond donors (Lipinski definition) is 0. The third-order valence-electron chi connectivity index (χ3n) is 3.89. The number of hydrogen-bond acceptors (Lipinski definition) is 3. The molecule has 0 spiro atoms. The van der Waals surface area contributed by atoms with E-state index >= 15 is 0 Å². The van der Waals surface area contributed by atoms with Crippen LogP contribution < -0.4 is 4.74 Å². The van der Waals surface area contributed by atoms with Gasteiger partial charge in [-0.1, -0.05) is 60.7 Å². The third kappa shape index (κ3) is 2.73. The molecule has 0 heterocycles. The van der Waals surface area contributed by atoms with Gasteiger partial charge in [-0.3, -0.25) is 0 Å². The van der Waals surface area contributed by atoms with Gasteiger partial charge in [0, 0.05) is 5.56 Å². The average Bonchev–Trinajstić information content (AvgIpc) is 2.62. The Morgan fingerprint density at radius 3 is 1.96 bits per heavy atom. The van der Waals surface area contributed by atoms with Crippen molar-refractivity contribution in [3.05, 3.63) is 77.2 Å². The Hall–Kier alpha value is -2.94. The van der Waals surface area contributed by atoms with E-state index in [9.17, 15) is 4.91 Å². The van der Waals surface area contributed by atoms with Crippen molar-refractivity contribution in [2.24, 2.45) is 5.18 Å². The normalized spacial score (nSPS) is 10.3. The molecule has 0 aliphatic rings. The molecule has 0 atom stereocenters. The molecule has 0 unspecified atom stereocenters. The lowest BCUT2D eigenvalue weighted by atomic mass is 9.93. The summed E-state index contributed by atoms with van der Waals surface area (Å²) in [6, 6.07) is 21.7. The zero-order valence-electron chi connectivity index (χ0n) is 13.1. The number of methoxy groups -OCH3 is 1. The van der Waals surface area contributed by atoms with Gasteiger partial charge in [-0.15, -0.1) is 4.91 Å². The Bertz CT molecular complexity index is 827. The number of rotatable bonds is 4. The van der Waals surface area contributed by atoms with E-state index < -0.39 is 0 Å². The first-order valence-corrected chi connectivity index (χ1v) is 7.42. The van der Waals surface area contributed by atoms with E-state index in [0.717, 1.165) is 27.8 Å². The van der Waals surface area contributed by atoms with Gasteiger partial charge in [-0.2, -0.15) is 0 Å². The first-order chi connectivity index (χ1) is 11.3. The van der Waals surface area contributed by atoms with Crippen LogP contribution in [0.4, 0.5) is 5.69 Å². The van der Waals surface area contributed by atoms with Crippen molar-refractivity contribution in [3.8, 4) is 28.0 Å². The van der Waals surface area contributed by atoms with Gasteiger partial charge in [-0.25, -0.2) is 0 Å². The molecule has 0 aliphatic heterocycles. The van der Waals surface area contributed by atoms with Gasteiger partial charge in [0.1, 0.15) is 11.4 Å². The minimum atomic E-state index is 0.424. The van der Waals surface area contributed by atoms with Gasteiger partial charge in [0.2, 0.25) is 0 Å². The summed E-state index contributed by atoms with van der Waals surface area (Å²) in [7, 11) is 1.62. The maximum atomic E-state index is 11.4. The Morgan fingerprint density at radius 2 is 1.43 bits per heavy atom. The van der Waals surface area contributed by atoms with E-state index in [4.69, 9.17) is 4.74 Å². The zero-order chi connectivity index (χ0) is 16.2. The quantitative estimate of drug-likeness (QED) is 0.577. The number of ether oxygens (including phenoxy) is 1. The molecule has 0 aromatic heterocycles. The highest BCUT2D eigenvalue weighted by Gasteiger charge is 2.20. The molecule has 3 aromatic carbocycles. The van der Waals surface area contributed by atoms with Gasteiger partial charge >= 0.3 is 0 Å². The fourth-order valence-corrected chi connectivity index (χ4v) is 2.82. The maximum Gasteiger partial charge on any atom is 0.136 e. The van der Waals surface area contributed by atoms with Crippen LogP contribution in [0.3, 0.4) is 0 Å². The van der Waals surface area contributed by atoms with Gasteiger partial charge < -0.3 is 4.74 Å². The summed E-state index contributed by atoms with van der Waals surface area (Å²) in [6.07, 6.45) is 0. The van der Waals surface area contributed by atoms with Gasteiger partial charge in [-0.05, 0) is 34.9 Å². The number of nitrogens with zero attached hydrogens (tertiary/aromatic N) is 1. The Labute approximate surface area is 135 Å². The minimum Gasteiger partial charge on any atom is -0.495 e. The van der Waals surface area contributed by atoms with Crippen LogP contribution in [0.15, 0.2) is 71.9 Å². The highest BCUT2D eigenvalue weighted by Crippen LogP contribution is 2.46. The van der Waals surface area contributed by atoms with Gasteiger partial charge in [0.15, 0.2) is 0 Å². The molecule has 3 aromatic rings. The molecular formula is C20H17NO2. The molecule has 0 saturated carbocycles. The number of nitroso groups, excluding NO2 is 1. The van der Waals surface area contributed by atoms with Crippen molar-refractivity contribution in [1.29, 1.82) is 0 Å². The molecule has 23 heavy (non-hydrogen) atoms. The Kier molecular flexibility index (Phi) is 4.20. The summed E-state index contributed by atoms with van der Waals surface area (Å²) >= 11 is 0. The molecule has 0 aliphatic carbocycles. The smallest absolute Gasteiger partial charge is 0.136 e. The predicted octanol–water partition coefficient (Wildman–Crippen LogP) is 5.74. The van der Waals surface area contributed by atoms with Crippen LogP contribution in [0, 0.1) is 11.8 Å². The molecular weight excluding hydrogens is 286 g/mol. The fourth-order valence-electron chi connectivity index (χ4n) is 2.82. The van der Waals surface area contributed by atoms with E-state index in [1.807, 2.05) is 73.7 Å². The summed E-state index contributed by atoms with van der Waals surface area (Å²) in [5.74, 6) is 0.669. The minimum absolute atomic E-state index is 0.424. The van der Waals surface area contributed by atoms with Gasteiger partial charge in [0.05, 0.1) is 12.7 Å². The highest BCUT2D eigenvalue weighted by atomic mass is 16.5. The van der Waals surface area contributed by atoms with Crippen LogP contribution in [-0.4, -0.2) is 7.11 Å². The summed E-state index contributed by atoms with van der Waals surface area (Å²) in [5, 5.41) is 3.26. The predicted molar refractivity (Wildman–Crippen MR) is 94.1 cm³/mol. The van der Waals surface area contributed by atoms with E-state index in [1.54, 1.807) is 7.11 Å². The number of benzene rings is 3. The van der Waals surface area contributed by atoms with E-state index in [2.05, 4.69) is 5.18 Å². The molecule has 0 N–H and O–H groups in total. The first kappa shape index (κ1) is 15.0. The average molecular weight is 303 g/mol. The summed E-state index contributed by atoms with van der Waals surface area (Å²) < 4.78 is 5.68. The highest BCUT2D eigenvalue weighted by molar-refractivity contribution is 5.91. The molecule has 0 fully saturated rings. The molecule has 0 bridgehead atoms. The maximum absolute atomic E-state index is 11.4. The lowest BCUT2D eigenvalue weighted by Crippen LogP contribution is -1.95. The molecule has 0 radical (unpaired) electrons. The summed E-state index contributed by atoms with van der Waals surface area (Å²) in [4.78, 5) is 11.4.